The topological polar surface area (TPSA) is 104 Å². The maximum atomic E-state index is 13.2. The molecule has 1 aromatic carbocycles. The molecule has 1 aromatic rings. The molecule has 0 unspecified atom stereocenters. The number of carbonyl (C=O) groups excluding carboxylic acids is 2. The minimum absolute atomic E-state index is 0.0577. The number of esters is 1. The number of benzene rings is 1. The largest absolute Gasteiger partial charge is 0.454 e. The number of aryl methyl sites for hydroxylation is 2. The van der Waals surface area contributed by atoms with E-state index in [4.69, 9.17) is 4.74 Å². The van der Waals surface area contributed by atoms with Gasteiger partial charge in [0.2, 0.25) is 10.0 Å². The van der Waals surface area contributed by atoms with Gasteiger partial charge in [-0.2, -0.15) is 4.31 Å². The summed E-state index contributed by atoms with van der Waals surface area (Å²) in [7, 11) is -4.00. The molecule has 0 bridgehead atoms. The van der Waals surface area contributed by atoms with Gasteiger partial charge in [0.15, 0.2) is 6.61 Å². The lowest BCUT2D eigenvalue weighted by Gasteiger charge is -2.24. The normalized spacial score (nSPS) is 21.8. The second-order valence-corrected chi connectivity index (χ2v) is 10.5. The molecule has 0 spiro atoms. The molecule has 9 heteroatoms. The van der Waals surface area contributed by atoms with Crippen molar-refractivity contribution >= 4 is 21.9 Å². The lowest BCUT2D eigenvalue weighted by atomic mass is 10.1. The van der Waals surface area contributed by atoms with E-state index in [1.165, 1.54) is 6.07 Å². The number of aliphatic hydroxyl groups excluding tert-OH is 1. The van der Waals surface area contributed by atoms with E-state index in [9.17, 15) is 23.1 Å². The van der Waals surface area contributed by atoms with Crippen LogP contribution < -0.4 is 0 Å². The lowest BCUT2D eigenvalue weighted by molar-refractivity contribution is -0.154. The number of amides is 1. The van der Waals surface area contributed by atoms with Gasteiger partial charge in [-0.3, -0.25) is 9.59 Å². The van der Waals surface area contributed by atoms with Gasteiger partial charge in [-0.15, -0.1) is 0 Å². The molecule has 2 aliphatic rings. The van der Waals surface area contributed by atoms with Crippen molar-refractivity contribution in [2.24, 2.45) is 5.92 Å². The van der Waals surface area contributed by atoms with Gasteiger partial charge >= 0.3 is 5.97 Å². The Bertz CT molecular complexity index is 928. The number of sulfonamides is 1. The zero-order chi connectivity index (χ0) is 22.8. The lowest BCUT2D eigenvalue weighted by Crippen LogP contribution is -2.43. The van der Waals surface area contributed by atoms with E-state index in [0.29, 0.717) is 19.0 Å². The molecular formula is C22H32N2O6S. The molecule has 1 amide bonds. The summed E-state index contributed by atoms with van der Waals surface area (Å²) in [4.78, 5) is 27.0. The van der Waals surface area contributed by atoms with E-state index in [1.807, 2.05) is 20.8 Å². The predicted octanol–water partition coefficient (Wildman–Crippen LogP) is 1.62. The minimum Gasteiger partial charge on any atom is -0.454 e. The van der Waals surface area contributed by atoms with Crippen molar-refractivity contribution in [2.75, 3.05) is 26.2 Å². The number of nitrogens with zero attached hydrogens (tertiary/aromatic N) is 2. The fourth-order valence-electron chi connectivity index (χ4n) is 3.79. The van der Waals surface area contributed by atoms with Crippen molar-refractivity contribution in [3.05, 3.63) is 29.3 Å². The van der Waals surface area contributed by atoms with Crippen LogP contribution in [0.1, 0.15) is 43.7 Å². The maximum absolute atomic E-state index is 13.2. The second kappa shape index (κ2) is 9.67. The molecule has 2 atom stereocenters. The average molecular weight is 453 g/mol. The van der Waals surface area contributed by atoms with E-state index >= 15 is 0 Å². The van der Waals surface area contributed by atoms with Crippen LogP contribution >= 0.6 is 0 Å². The van der Waals surface area contributed by atoms with Gasteiger partial charge in [0.1, 0.15) is 6.04 Å². The van der Waals surface area contributed by atoms with Crippen molar-refractivity contribution in [1.29, 1.82) is 0 Å². The summed E-state index contributed by atoms with van der Waals surface area (Å²) in [5, 5.41) is 10.1. The van der Waals surface area contributed by atoms with E-state index in [0.717, 1.165) is 34.7 Å². The highest BCUT2D eigenvalue weighted by molar-refractivity contribution is 7.89. The number of hydrogen-bond donors (Lipinski definition) is 1. The first-order valence-corrected chi connectivity index (χ1v) is 12.3. The van der Waals surface area contributed by atoms with Gasteiger partial charge in [-0.1, -0.05) is 13.0 Å². The standard InChI is InChI=1S/C22H32N2O6S/c1-4-9-23(12-17-6-7-17)21(26)14-30-22(27)20-11-18(25)13-24(20)31(28,29)19-8-5-15(2)16(3)10-19/h5,8,10,17-18,20,25H,4,6-7,9,11-14H2,1-3H3/t18-,20-/m0/s1. The summed E-state index contributed by atoms with van der Waals surface area (Å²) in [5.41, 5.74) is 1.77. The van der Waals surface area contributed by atoms with Crippen molar-refractivity contribution in [3.63, 3.8) is 0 Å². The molecule has 0 aromatic heterocycles. The van der Waals surface area contributed by atoms with Crippen molar-refractivity contribution in [3.8, 4) is 0 Å². The summed E-state index contributed by atoms with van der Waals surface area (Å²) in [6, 6.07) is 3.61. The first kappa shape index (κ1) is 23.7. The minimum atomic E-state index is -4.00. The van der Waals surface area contributed by atoms with Crippen LogP contribution in [0.25, 0.3) is 0 Å². The molecule has 1 aliphatic carbocycles. The van der Waals surface area contributed by atoms with Gasteiger partial charge in [-0.25, -0.2) is 8.42 Å². The van der Waals surface area contributed by atoms with Gasteiger partial charge in [-0.05, 0) is 62.3 Å². The highest BCUT2D eigenvalue weighted by atomic mass is 32.2. The molecular weight excluding hydrogens is 420 g/mol. The van der Waals surface area contributed by atoms with Crippen LogP contribution in [0.15, 0.2) is 23.1 Å². The maximum Gasteiger partial charge on any atom is 0.325 e. The van der Waals surface area contributed by atoms with Crippen molar-refractivity contribution < 1.29 is 27.9 Å². The quantitative estimate of drug-likeness (QED) is 0.571. The third kappa shape index (κ3) is 5.64. The summed E-state index contributed by atoms with van der Waals surface area (Å²) in [6.07, 6.45) is 2.00. The van der Waals surface area contributed by atoms with Crippen LogP contribution in [-0.4, -0.2) is 73.0 Å². The molecule has 8 nitrogen and oxygen atoms in total. The highest BCUT2D eigenvalue weighted by Crippen LogP contribution is 2.30. The van der Waals surface area contributed by atoms with Gasteiger partial charge in [0.05, 0.1) is 11.0 Å². The molecule has 31 heavy (non-hydrogen) atoms. The number of hydrogen-bond acceptors (Lipinski definition) is 6. The smallest absolute Gasteiger partial charge is 0.325 e. The Morgan fingerprint density at radius 3 is 2.55 bits per heavy atom. The molecule has 1 saturated heterocycles. The van der Waals surface area contributed by atoms with Crippen LogP contribution in [0.5, 0.6) is 0 Å². The first-order chi connectivity index (χ1) is 14.6. The number of β-amino-alcohol motifs (C(OH)–C–C–N with tert-alkyl or cyclic N) is 1. The average Bonchev–Trinajstić information content (AvgIpc) is 3.45. The third-order valence-electron chi connectivity index (χ3n) is 5.95. The fourth-order valence-corrected chi connectivity index (χ4v) is 5.51. The summed E-state index contributed by atoms with van der Waals surface area (Å²) < 4.78 is 32.5. The van der Waals surface area contributed by atoms with Crippen LogP contribution in [0.4, 0.5) is 0 Å². The van der Waals surface area contributed by atoms with Crippen LogP contribution in [0, 0.1) is 19.8 Å². The predicted molar refractivity (Wildman–Crippen MR) is 115 cm³/mol. The van der Waals surface area contributed by atoms with Gasteiger partial charge in [0.25, 0.3) is 5.91 Å². The third-order valence-corrected chi connectivity index (χ3v) is 7.82. The highest BCUT2D eigenvalue weighted by Gasteiger charge is 2.44. The number of carbonyl (C=O) groups is 2. The molecule has 3 rings (SSSR count). The summed E-state index contributed by atoms with van der Waals surface area (Å²) in [6.45, 7) is 6.33. The van der Waals surface area contributed by atoms with Crippen molar-refractivity contribution in [2.45, 2.75) is 63.5 Å². The Labute approximate surface area is 184 Å². The van der Waals surface area contributed by atoms with E-state index in [1.54, 1.807) is 17.0 Å². The monoisotopic (exact) mass is 452 g/mol. The number of ether oxygens (including phenoxy) is 1. The molecule has 1 N–H and O–H groups in total. The van der Waals surface area contributed by atoms with Gasteiger partial charge < -0.3 is 14.7 Å². The molecule has 172 valence electrons. The Morgan fingerprint density at radius 2 is 1.94 bits per heavy atom. The Morgan fingerprint density at radius 1 is 1.23 bits per heavy atom. The molecule has 0 radical (unpaired) electrons. The second-order valence-electron chi connectivity index (χ2n) is 8.62. The van der Waals surface area contributed by atoms with Gasteiger partial charge in [0, 0.05) is 26.1 Å². The Hall–Kier alpha value is -1.97. The Kier molecular flexibility index (Phi) is 7.39. The molecule has 2 fully saturated rings. The van der Waals surface area contributed by atoms with Crippen molar-refractivity contribution in [1.82, 2.24) is 9.21 Å². The first-order valence-electron chi connectivity index (χ1n) is 10.8. The number of aliphatic hydroxyl groups is 1. The molecule has 1 saturated carbocycles. The zero-order valence-corrected chi connectivity index (χ0v) is 19.2. The number of rotatable bonds is 9. The van der Waals surface area contributed by atoms with E-state index in [2.05, 4.69) is 0 Å². The molecule has 1 aliphatic heterocycles. The zero-order valence-electron chi connectivity index (χ0n) is 18.4. The van der Waals surface area contributed by atoms with Crippen LogP contribution in [-0.2, 0) is 24.3 Å². The van der Waals surface area contributed by atoms with Crippen LogP contribution in [0.3, 0.4) is 0 Å². The summed E-state index contributed by atoms with van der Waals surface area (Å²) in [5.74, 6) is -0.556. The SMILES string of the molecule is CCCN(CC1CC1)C(=O)COC(=O)[C@@H]1C[C@H](O)CN1S(=O)(=O)c1ccc(C)c(C)c1. The summed E-state index contributed by atoms with van der Waals surface area (Å²) >= 11 is 0. The molecule has 1 heterocycles. The van der Waals surface area contributed by atoms with E-state index < -0.39 is 34.7 Å². The fraction of sp³-hybridized carbons (Fsp3) is 0.636. The van der Waals surface area contributed by atoms with E-state index in [-0.39, 0.29) is 23.8 Å². The Balaban J connectivity index is 1.68. The van der Waals surface area contributed by atoms with Crippen LogP contribution in [0.2, 0.25) is 0 Å².